The number of carbonyl (C=O) groups excluding carboxylic acids is 1. The number of nitrogens with one attached hydrogen (secondary N) is 2. The highest BCUT2D eigenvalue weighted by molar-refractivity contribution is 5.90. The number of hydrogen-bond donors (Lipinski definition) is 2. The second-order valence-electron chi connectivity index (χ2n) is 7.15. The number of nitrogens with zero attached hydrogens (tertiary/aromatic N) is 3. The Bertz CT molecular complexity index is 1140. The number of nitroso groups, excluding NO2 is 1. The topological polar surface area (TPSA) is 130 Å². The molecule has 1 fully saturated rings. The van der Waals surface area contributed by atoms with Crippen LogP contribution in [0.25, 0.3) is 10.9 Å². The molecule has 0 radical (unpaired) electrons. The van der Waals surface area contributed by atoms with Crippen molar-refractivity contribution in [3.05, 3.63) is 49.9 Å². The monoisotopic (exact) mass is 396 g/mol. The molecule has 3 rings (SSSR count). The zero-order valence-electron chi connectivity index (χ0n) is 15.8. The van der Waals surface area contributed by atoms with Gasteiger partial charge in [-0.05, 0) is 31.0 Å². The fraction of sp³-hybridized carbons (Fsp3) is 0.400. The van der Waals surface area contributed by atoms with E-state index in [1.807, 2.05) is 0 Å². The van der Waals surface area contributed by atoms with Gasteiger partial charge in [-0.3, -0.25) is 9.59 Å². The number of nitriles is 2. The van der Waals surface area contributed by atoms with Crippen LogP contribution >= 0.6 is 0 Å². The summed E-state index contributed by atoms with van der Waals surface area (Å²) >= 11 is 0. The fourth-order valence-electron chi connectivity index (χ4n) is 3.67. The Morgan fingerprint density at radius 3 is 2.79 bits per heavy atom. The van der Waals surface area contributed by atoms with E-state index in [0.717, 1.165) is 10.8 Å². The van der Waals surface area contributed by atoms with Gasteiger partial charge in [0, 0.05) is 27.0 Å². The van der Waals surface area contributed by atoms with Crippen LogP contribution < -0.4 is 10.9 Å². The van der Waals surface area contributed by atoms with Gasteiger partial charge in [0.2, 0.25) is 18.5 Å². The number of pyridine rings is 1. The fourth-order valence-corrected chi connectivity index (χ4v) is 3.67. The first-order chi connectivity index (χ1) is 13.8. The molecule has 2 N–H and O–H groups in total. The van der Waals surface area contributed by atoms with E-state index >= 15 is 0 Å². The molecule has 1 aromatic heterocycles. The predicted octanol–water partition coefficient (Wildman–Crippen LogP) is 1.59. The van der Waals surface area contributed by atoms with Crippen molar-refractivity contribution in [3.63, 3.8) is 0 Å². The van der Waals surface area contributed by atoms with E-state index in [-0.39, 0.29) is 41.9 Å². The van der Waals surface area contributed by atoms with Crippen LogP contribution in [0.3, 0.4) is 0 Å². The van der Waals surface area contributed by atoms with Gasteiger partial charge in [-0.2, -0.15) is 10.5 Å². The summed E-state index contributed by atoms with van der Waals surface area (Å²) in [5.41, 5.74) is 0.167. The number of H-pyrrole nitrogens is 1. The molecule has 0 spiro atoms. The van der Waals surface area contributed by atoms with E-state index in [0.29, 0.717) is 23.9 Å². The summed E-state index contributed by atoms with van der Waals surface area (Å²) in [6, 6.07) is 5.95. The van der Waals surface area contributed by atoms with Gasteiger partial charge in [0.15, 0.2) is 0 Å². The van der Waals surface area contributed by atoms with Crippen molar-refractivity contribution in [2.45, 2.75) is 32.2 Å². The van der Waals surface area contributed by atoms with Crippen molar-refractivity contribution >= 4 is 16.8 Å². The van der Waals surface area contributed by atoms with Crippen LogP contribution in [0.4, 0.5) is 4.39 Å². The molecule has 9 heteroatoms. The second kappa shape index (κ2) is 8.19. The second-order valence-corrected chi connectivity index (χ2v) is 7.15. The lowest BCUT2D eigenvalue weighted by molar-refractivity contribution is -0.598. The zero-order chi connectivity index (χ0) is 21.1. The first-order valence-electron chi connectivity index (χ1n) is 9.19. The maximum absolute atomic E-state index is 14.0. The van der Waals surface area contributed by atoms with E-state index in [1.165, 1.54) is 6.07 Å². The molecule has 1 amide bonds. The average molecular weight is 396 g/mol. The van der Waals surface area contributed by atoms with E-state index in [4.69, 9.17) is 5.26 Å². The minimum absolute atomic E-state index is 0.114. The molecule has 2 aromatic rings. The van der Waals surface area contributed by atoms with Gasteiger partial charge in [0.25, 0.3) is 5.56 Å². The summed E-state index contributed by atoms with van der Waals surface area (Å²) in [5.74, 6) is -1.45. The number of aromatic amines is 1. The molecule has 1 aliphatic heterocycles. The van der Waals surface area contributed by atoms with Crippen molar-refractivity contribution < 1.29 is 13.9 Å². The molecule has 2 heterocycles. The summed E-state index contributed by atoms with van der Waals surface area (Å²) in [6.45, 7) is 1.80. The number of carbonyl (C=O) groups is 1. The van der Waals surface area contributed by atoms with Crippen molar-refractivity contribution in [1.29, 1.82) is 10.5 Å². The number of amides is 1. The number of aromatic nitrogens is 1. The normalized spacial score (nSPS) is 18.8. The van der Waals surface area contributed by atoms with E-state index in [9.17, 15) is 24.1 Å². The maximum atomic E-state index is 14.0. The highest BCUT2D eigenvalue weighted by atomic mass is 19.1. The Morgan fingerprint density at radius 2 is 2.14 bits per heavy atom. The zero-order valence-corrected chi connectivity index (χ0v) is 15.8. The SMILES string of the molecule is Cc1c(CC(=O)NCC2CCC(C#N)C[N+]2=O)c(=O)[nH]c2ccc(F)c(C#N)c12. The summed E-state index contributed by atoms with van der Waals surface area (Å²) < 4.78 is 14.8. The highest BCUT2D eigenvalue weighted by Gasteiger charge is 2.35. The molecule has 148 valence electrons. The number of aryl methyl sites for hydroxylation is 1. The number of piperidine rings is 1. The number of halogens is 1. The minimum atomic E-state index is -0.700. The number of hydrogen-bond acceptors (Lipinski definition) is 5. The minimum Gasteiger partial charge on any atom is -0.349 e. The molecule has 0 saturated carbocycles. The molecule has 0 aliphatic carbocycles. The van der Waals surface area contributed by atoms with Crippen molar-refractivity contribution in [2.75, 3.05) is 13.1 Å². The molecule has 1 saturated heterocycles. The first-order valence-corrected chi connectivity index (χ1v) is 9.19. The molecule has 1 aromatic carbocycles. The number of rotatable bonds is 4. The molecular weight excluding hydrogens is 377 g/mol. The van der Waals surface area contributed by atoms with Crippen LogP contribution in [0.5, 0.6) is 0 Å². The van der Waals surface area contributed by atoms with Gasteiger partial charge in [-0.15, -0.1) is 0 Å². The predicted molar refractivity (Wildman–Crippen MR) is 101 cm³/mol. The van der Waals surface area contributed by atoms with Crippen LogP contribution in [0.2, 0.25) is 0 Å². The molecule has 29 heavy (non-hydrogen) atoms. The number of fused-ring (bicyclic) bond motifs is 1. The Labute approximate surface area is 165 Å². The summed E-state index contributed by atoms with van der Waals surface area (Å²) in [7, 11) is 0. The third kappa shape index (κ3) is 3.99. The molecule has 2 unspecified atom stereocenters. The lowest BCUT2D eigenvalue weighted by atomic mass is 9.95. The van der Waals surface area contributed by atoms with E-state index < -0.39 is 23.3 Å². The van der Waals surface area contributed by atoms with Crippen LogP contribution in [-0.4, -0.2) is 34.8 Å². The third-order valence-corrected chi connectivity index (χ3v) is 5.33. The van der Waals surface area contributed by atoms with Crippen molar-refractivity contribution in [3.8, 4) is 12.1 Å². The Morgan fingerprint density at radius 1 is 1.38 bits per heavy atom. The standard InChI is InChI=1S/C20H18FN5O3/c1-11-14(20(28)25-17-5-4-16(21)15(8-23)19(11)17)6-18(27)24-9-13-3-2-12(7-22)10-26(13)29/h4-5,12-13H,2-3,6,9-10H2,1H3,(H-,24,25,27,28)/p+1. The maximum Gasteiger partial charge on any atom is 0.252 e. The van der Waals surface area contributed by atoms with Crippen LogP contribution in [0, 0.1) is 46.2 Å². The van der Waals surface area contributed by atoms with E-state index in [1.54, 1.807) is 13.0 Å². The average Bonchev–Trinajstić information content (AvgIpc) is 2.70. The summed E-state index contributed by atoms with van der Waals surface area (Å²) in [6.07, 6.45) is 0.842. The van der Waals surface area contributed by atoms with Crippen molar-refractivity contribution in [1.82, 2.24) is 10.3 Å². The molecule has 2 atom stereocenters. The van der Waals surface area contributed by atoms with Gasteiger partial charge in [0.1, 0.15) is 17.8 Å². The molecular formula is C20H19FN5O3+. The molecule has 1 aliphatic rings. The Balaban J connectivity index is 1.77. The smallest absolute Gasteiger partial charge is 0.252 e. The summed E-state index contributed by atoms with van der Waals surface area (Å²) in [4.78, 5) is 39.3. The Kier molecular flexibility index (Phi) is 5.69. The third-order valence-electron chi connectivity index (χ3n) is 5.33. The quantitative estimate of drug-likeness (QED) is 0.758. The molecule has 0 bridgehead atoms. The molecule has 8 nitrogen and oxygen atoms in total. The van der Waals surface area contributed by atoms with Gasteiger partial charge in [-0.1, -0.05) is 0 Å². The summed E-state index contributed by atoms with van der Waals surface area (Å²) in [5, 5.41) is 21.1. The Hall–Kier alpha value is -3.59. The number of benzene rings is 1. The van der Waals surface area contributed by atoms with Gasteiger partial charge in [0.05, 0.1) is 30.1 Å². The van der Waals surface area contributed by atoms with Crippen LogP contribution in [-0.2, 0) is 11.2 Å². The van der Waals surface area contributed by atoms with E-state index in [2.05, 4.69) is 16.4 Å². The first kappa shape index (κ1) is 20.2. The van der Waals surface area contributed by atoms with Crippen molar-refractivity contribution in [2.24, 2.45) is 5.92 Å². The van der Waals surface area contributed by atoms with Gasteiger partial charge < -0.3 is 10.3 Å². The van der Waals surface area contributed by atoms with Gasteiger partial charge >= 0.3 is 0 Å². The highest BCUT2D eigenvalue weighted by Crippen LogP contribution is 2.24. The van der Waals surface area contributed by atoms with Crippen LogP contribution in [0.15, 0.2) is 16.9 Å². The lowest BCUT2D eigenvalue weighted by Crippen LogP contribution is -2.43. The van der Waals surface area contributed by atoms with Crippen LogP contribution in [0.1, 0.15) is 29.5 Å². The largest absolute Gasteiger partial charge is 0.349 e. The lowest BCUT2D eigenvalue weighted by Gasteiger charge is -2.18. The van der Waals surface area contributed by atoms with Gasteiger partial charge in [-0.25, -0.2) is 4.39 Å².